The summed E-state index contributed by atoms with van der Waals surface area (Å²) in [4.78, 5) is 8.32. The van der Waals surface area contributed by atoms with Gasteiger partial charge in [0.25, 0.3) is 0 Å². The SMILES string of the molecule is CCNC(C)c1sc(N(C)CC(C)(C)C)nc1C. The van der Waals surface area contributed by atoms with Crippen LogP contribution in [0.3, 0.4) is 0 Å². The molecular formula is C14H27N3S. The molecular weight excluding hydrogens is 242 g/mol. The van der Waals surface area contributed by atoms with Gasteiger partial charge in [-0.1, -0.05) is 27.7 Å². The molecule has 0 aliphatic carbocycles. The largest absolute Gasteiger partial charge is 0.351 e. The molecule has 3 nitrogen and oxygen atoms in total. The third kappa shape index (κ3) is 4.25. The molecule has 1 unspecified atom stereocenters. The molecule has 0 aliphatic rings. The maximum atomic E-state index is 4.70. The average molecular weight is 269 g/mol. The van der Waals surface area contributed by atoms with Crippen molar-refractivity contribution in [2.75, 3.05) is 25.0 Å². The first kappa shape index (κ1) is 15.4. The molecule has 0 aliphatic heterocycles. The Morgan fingerprint density at radius 1 is 1.39 bits per heavy atom. The summed E-state index contributed by atoms with van der Waals surface area (Å²) in [6.07, 6.45) is 0. The van der Waals surface area contributed by atoms with Gasteiger partial charge in [0.15, 0.2) is 5.13 Å². The first-order chi connectivity index (χ1) is 8.24. The zero-order valence-corrected chi connectivity index (χ0v) is 13.6. The van der Waals surface area contributed by atoms with Crippen LogP contribution in [0.2, 0.25) is 0 Å². The van der Waals surface area contributed by atoms with E-state index >= 15 is 0 Å². The third-order valence-corrected chi connectivity index (χ3v) is 4.22. The number of anilines is 1. The van der Waals surface area contributed by atoms with Crippen molar-refractivity contribution >= 4 is 16.5 Å². The van der Waals surface area contributed by atoms with Crippen molar-refractivity contribution in [1.29, 1.82) is 0 Å². The molecule has 18 heavy (non-hydrogen) atoms. The molecule has 0 bridgehead atoms. The van der Waals surface area contributed by atoms with Gasteiger partial charge in [0.05, 0.1) is 5.69 Å². The Morgan fingerprint density at radius 2 is 2.00 bits per heavy atom. The van der Waals surface area contributed by atoms with E-state index in [2.05, 4.69) is 58.8 Å². The zero-order chi connectivity index (χ0) is 13.9. The smallest absolute Gasteiger partial charge is 0.185 e. The van der Waals surface area contributed by atoms with Gasteiger partial charge in [-0.25, -0.2) is 4.98 Å². The molecule has 1 aromatic rings. The minimum Gasteiger partial charge on any atom is -0.351 e. The number of aryl methyl sites for hydroxylation is 1. The molecule has 0 spiro atoms. The van der Waals surface area contributed by atoms with Gasteiger partial charge in [-0.2, -0.15) is 0 Å². The first-order valence-electron chi connectivity index (χ1n) is 6.66. The number of aromatic nitrogens is 1. The van der Waals surface area contributed by atoms with Gasteiger partial charge in [0.1, 0.15) is 0 Å². The van der Waals surface area contributed by atoms with E-state index in [9.17, 15) is 0 Å². The summed E-state index contributed by atoms with van der Waals surface area (Å²) in [5, 5.41) is 4.58. The van der Waals surface area contributed by atoms with Gasteiger partial charge in [-0.05, 0) is 25.8 Å². The molecule has 4 heteroatoms. The Labute approximate surface area is 116 Å². The van der Waals surface area contributed by atoms with Gasteiger partial charge >= 0.3 is 0 Å². The lowest BCUT2D eigenvalue weighted by Crippen LogP contribution is -2.28. The van der Waals surface area contributed by atoms with E-state index in [1.54, 1.807) is 0 Å². The third-order valence-electron chi connectivity index (χ3n) is 2.76. The van der Waals surface area contributed by atoms with Crippen LogP contribution >= 0.6 is 11.3 Å². The monoisotopic (exact) mass is 269 g/mol. The fraction of sp³-hybridized carbons (Fsp3) is 0.786. The summed E-state index contributed by atoms with van der Waals surface area (Å²) < 4.78 is 0. The second kappa shape index (κ2) is 6.02. The summed E-state index contributed by atoms with van der Waals surface area (Å²) >= 11 is 1.81. The zero-order valence-electron chi connectivity index (χ0n) is 12.8. The van der Waals surface area contributed by atoms with Crippen LogP contribution in [-0.2, 0) is 0 Å². The summed E-state index contributed by atoms with van der Waals surface area (Å²) in [5.74, 6) is 0. The Kier molecular flexibility index (Phi) is 5.17. The fourth-order valence-electron chi connectivity index (χ4n) is 2.14. The van der Waals surface area contributed by atoms with Gasteiger partial charge in [0, 0.05) is 24.5 Å². The number of hydrogen-bond acceptors (Lipinski definition) is 4. The van der Waals surface area contributed by atoms with Crippen LogP contribution in [0.15, 0.2) is 0 Å². The summed E-state index contributed by atoms with van der Waals surface area (Å²) in [5.41, 5.74) is 1.45. The second-order valence-corrected chi connectivity index (χ2v) is 7.15. The topological polar surface area (TPSA) is 28.2 Å². The molecule has 0 fully saturated rings. The summed E-state index contributed by atoms with van der Waals surface area (Å²) in [6.45, 7) is 15.2. The van der Waals surface area contributed by atoms with Crippen molar-refractivity contribution in [2.24, 2.45) is 5.41 Å². The van der Waals surface area contributed by atoms with Gasteiger partial charge in [-0.15, -0.1) is 11.3 Å². The minimum absolute atomic E-state index is 0.293. The molecule has 0 saturated heterocycles. The summed E-state index contributed by atoms with van der Waals surface area (Å²) in [7, 11) is 2.13. The highest BCUT2D eigenvalue weighted by Gasteiger charge is 2.19. The lowest BCUT2D eigenvalue weighted by Gasteiger charge is -2.26. The van der Waals surface area contributed by atoms with E-state index in [-0.39, 0.29) is 0 Å². The van der Waals surface area contributed by atoms with Crippen LogP contribution in [-0.4, -0.2) is 25.1 Å². The van der Waals surface area contributed by atoms with E-state index in [1.807, 2.05) is 11.3 Å². The van der Waals surface area contributed by atoms with Crippen molar-refractivity contribution in [3.63, 3.8) is 0 Å². The van der Waals surface area contributed by atoms with E-state index in [0.717, 1.165) is 23.9 Å². The molecule has 1 atom stereocenters. The number of nitrogens with zero attached hydrogens (tertiary/aromatic N) is 2. The normalized spacial score (nSPS) is 13.7. The van der Waals surface area contributed by atoms with Crippen molar-refractivity contribution in [1.82, 2.24) is 10.3 Å². The average Bonchev–Trinajstić information content (AvgIpc) is 2.58. The Hall–Kier alpha value is -0.610. The maximum Gasteiger partial charge on any atom is 0.185 e. The fourth-order valence-corrected chi connectivity index (χ4v) is 3.19. The highest BCUT2D eigenvalue weighted by atomic mass is 32.1. The standard InChI is InChI=1S/C14H27N3S/c1-8-15-10(2)12-11(3)16-13(18-12)17(7)9-14(4,5)6/h10,15H,8-9H2,1-7H3. The molecule has 1 rings (SSSR count). The van der Waals surface area contributed by atoms with Gasteiger partial charge in [-0.3, -0.25) is 0 Å². The molecule has 0 amide bonds. The van der Waals surface area contributed by atoms with Gasteiger partial charge < -0.3 is 10.2 Å². The van der Waals surface area contributed by atoms with Crippen LogP contribution in [0.4, 0.5) is 5.13 Å². The van der Waals surface area contributed by atoms with Crippen molar-refractivity contribution < 1.29 is 0 Å². The Bertz CT molecular complexity index is 379. The molecule has 104 valence electrons. The van der Waals surface area contributed by atoms with Crippen molar-refractivity contribution in [3.8, 4) is 0 Å². The highest BCUT2D eigenvalue weighted by molar-refractivity contribution is 7.15. The van der Waals surface area contributed by atoms with E-state index in [4.69, 9.17) is 4.98 Å². The van der Waals surface area contributed by atoms with Gasteiger partial charge in [0.2, 0.25) is 0 Å². The maximum absolute atomic E-state index is 4.70. The van der Waals surface area contributed by atoms with Crippen molar-refractivity contribution in [3.05, 3.63) is 10.6 Å². The Balaban J connectivity index is 2.83. The van der Waals surface area contributed by atoms with Crippen LogP contribution in [0, 0.1) is 12.3 Å². The van der Waals surface area contributed by atoms with Crippen LogP contribution in [0.25, 0.3) is 0 Å². The molecule has 0 radical (unpaired) electrons. The van der Waals surface area contributed by atoms with Crippen LogP contribution < -0.4 is 10.2 Å². The van der Waals surface area contributed by atoms with E-state index < -0.39 is 0 Å². The molecule has 0 saturated carbocycles. The van der Waals surface area contributed by atoms with E-state index in [0.29, 0.717) is 11.5 Å². The van der Waals surface area contributed by atoms with Crippen LogP contribution in [0.1, 0.15) is 51.2 Å². The quantitative estimate of drug-likeness (QED) is 0.885. The molecule has 1 aromatic heterocycles. The number of rotatable bonds is 5. The number of hydrogen-bond donors (Lipinski definition) is 1. The number of thiazole rings is 1. The summed E-state index contributed by atoms with van der Waals surface area (Å²) in [6, 6.07) is 0.393. The van der Waals surface area contributed by atoms with E-state index in [1.165, 1.54) is 4.88 Å². The molecule has 0 aromatic carbocycles. The number of nitrogens with one attached hydrogen (secondary N) is 1. The highest BCUT2D eigenvalue weighted by Crippen LogP contribution is 2.31. The minimum atomic E-state index is 0.293. The molecule has 1 heterocycles. The lowest BCUT2D eigenvalue weighted by atomic mass is 9.96. The van der Waals surface area contributed by atoms with Crippen LogP contribution in [0.5, 0.6) is 0 Å². The predicted octanol–water partition coefficient (Wildman–Crippen LogP) is 3.60. The lowest BCUT2D eigenvalue weighted by molar-refractivity contribution is 0.418. The predicted molar refractivity (Wildman–Crippen MR) is 81.7 cm³/mol. The Morgan fingerprint density at radius 3 is 2.50 bits per heavy atom. The molecule has 1 N–H and O–H groups in total. The second-order valence-electron chi connectivity index (χ2n) is 6.14. The first-order valence-corrected chi connectivity index (χ1v) is 7.48. The van der Waals surface area contributed by atoms with Crippen molar-refractivity contribution in [2.45, 2.75) is 47.6 Å².